The summed E-state index contributed by atoms with van der Waals surface area (Å²) < 4.78 is 0. The molecule has 1 atom stereocenters. The van der Waals surface area contributed by atoms with Crippen LogP contribution in [0.15, 0.2) is 18.2 Å². The van der Waals surface area contributed by atoms with Crippen molar-refractivity contribution in [2.75, 3.05) is 30.9 Å². The highest BCUT2D eigenvalue weighted by atomic mass is 35.5. The Morgan fingerprint density at radius 3 is 2.67 bits per heavy atom. The van der Waals surface area contributed by atoms with E-state index in [1.54, 1.807) is 6.07 Å². The minimum Gasteiger partial charge on any atom is -0.375 e. The highest BCUT2D eigenvalue weighted by Gasteiger charge is 2.17. The summed E-state index contributed by atoms with van der Waals surface area (Å²) in [5.74, 6) is -0.232. The summed E-state index contributed by atoms with van der Waals surface area (Å²) in [5.41, 5.74) is 7.09. The third-order valence-corrected chi connectivity index (χ3v) is 3.14. The number of rotatable bonds is 5. The second kappa shape index (κ2) is 6.61. The third-order valence-electron chi connectivity index (χ3n) is 2.84. The van der Waals surface area contributed by atoms with Crippen LogP contribution in [0.3, 0.4) is 0 Å². The van der Waals surface area contributed by atoms with Crippen LogP contribution in [0.2, 0.25) is 5.02 Å². The number of para-hydroxylation sites is 1. The molecule has 0 heterocycles. The number of nitrogens with zero attached hydrogens (tertiary/aromatic N) is 1. The van der Waals surface area contributed by atoms with Crippen molar-refractivity contribution in [3.63, 3.8) is 0 Å². The highest BCUT2D eigenvalue weighted by Crippen LogP contribution is 2.32. The highest BCUT2D eigenvalue weighted by molar-refractivity contribution is 6.34. The van der Waals surface area contributed by atoms with Crippen LogP contribution in [0, 0.1) is 5.92 Å². The van der Waals surface area contributed by atoms with Gasteiger partial charge in [0.2, 0.25) is 5.91 Å². The van der Waals surface area contributed by atoms with Crippen LogP contribution in [-0.4, -0.2) is 26.5 Å². The van der Waals surface area contributed by atoms with Gasteiger partial charge in [-0.2, -0.15) is 0 Å². The predicted molar refractivity (Wildman–Crippen MR) is 77.2 cm³/mol. The van der Waals surface area contributed by atoms with Crippen molar-refractivity contribution in [2.24, 2.45) is 11.7 Å². The molecule has 0 spiro atoms. The van der Waals surface area contributed by atoms with Crippen LogP contribution in [-0.2, 0) is 4.79 Å². The largest absolute Gasteiger partial charge is 0.375 e. The first-order valence-corrected chi connectivity index (χ1v) is 6.35. The van der Waals surface area contributed by atoms with Crippen LogP contribution >= 0.6 is 11.6 Å². The summed E-state index contributed by atoms with van der Waals surface area (Å²) in [6.07, 6.45) is 0.722. The van der Waals surface area contributed by atoms with Crippen molar-refractivity contribution in [3.05, 3.63) is 23.2 Å². The Hall–Kier alpha value is -1.26. The number of benzene rings is 1. The molecule has 1 aromatic carbocycles. The molecule has 0 aromatic heterocycles. The Balaban J connectivity index is 2.97. The number of hydrogen-bond donors (Lipinski definition) is 2. The van der Waals surface area contributed by atoms with Crippen LogP contribution < -0.4 is 16.0 Å². The summed E-state index contributed by atoms with van der Waals surface area (Å²) in [5, 5.41) is 3.50. The quantitative estimate of drug-likeness (QED) is 0.863. The zero-order valence-corrected chi connectivity index (χ0v) is 11.8. The fourth-order valence-electron chi connectivity index (χ4n) is 1.76. The molecule has 0 aliphatic heterocycles. The van der Waals surface area contributed by atoms with Gasteiger partial charge in [0.15, 0.2) is 0 Å². The minimum atomic E-state index is -0.168. The van der Waals surface area contributed by atoms with Gasteiger partial charge in [0.25, 0.3) is 0 Å². The van der Waals surface area contributed by atoms with Gasteiger partial charge in [-0.15, -0.1) is 0 Å². The van der Waals surface area contributed by atoms with Crippen molar-refractivity contribution in [2.45, 2.75) is 13.3 Å². The van der Waals surface area contributed by atoms with Gasteiger partial charge in [-0.05, 0) is 18.6 Å². The van der Waals surface area contributed by atoms with E-state index in [2.05, 4.69) is 5.32 Å². The third kappa shape index (κ3) is 3.37. The number of nitrogens with one attached hydrogen (secondary N) is 1. The number of amides is 1. The second-order valence-electron chi connectivity index (χ2n) is 4.36. The molecule has 0 aliphatic carbocycles. The number of anilines is 2. The van der Waals surface area contributed by atoms with Crippen molar-refractivity contribution < 1.29 is 4.79 Å². The predicted octanol–water partition coefficient (Wildman–Crippen LogP) is 2.33. The van der Waals surface area contributed by atoms with Crippen molar-refractivity contribution in [1.82, 2.24) is 0 Å². The van der Waals surface area contributed by atoms with E-state index in [-0.39, 0.29) is 11.8 Å². The Kier molecular flexibility index (Phi) is 5.44. The first-order chi connectivity index (χ1) is 8.51. The summed E-state index contributed by atoms with van der Waals surface area (Å²) in [6.45, 7) is 2.29. The molecule has 0 saturated carbocycles. The number of carbonyl (C=O) groups excluding carboxylic acids is 1. The lowest BCUT2D eigenvalue weighted by Crippen LogP contribution is -2.29. The molecule has 1 unspecified atom stereocenters. The molecule has 4 nitrogen and oxygen atoms in total. The molecule has 3 N–H and O–H groups in total. The summed E-state index contributed by atoms with van der Waals surface area (Å²) in [6, 6.07) is 5.45. The fourth-order valence-corrected chi connectivity index (χ4v) is 2.11. The van der Waals surface area contributed by atoms with Crippen molar-refractivity contribution in [1.29, 1.82) is 0 Å². The number of hydrogen-bond acceptors (Lipinski definition) is 3. The summed E-state index contributed by atoms with van der Waals surface area (Å²) >= 11 is 6.14. The molecule has 0 bridgehead atoms. The van der Waals surface area contributed by atoms with Gasteiger partial charge in [0, 0.05) is 20.6 Å². The fraction of sp³-hybridized carbons (Fsp3) is 0.462. The summed E-state index contributed by atoms with van der Waals surface area (Å²) in [4.78, 5) is 13.9. The summed E-state index contributed by atoms with van der Waals surface area (Å²) in [7, 11) is 3.77. The topological polar surface area (TPSA) is 58.4 Å². The Labute approximate surface area is 113 Å². The van der Waals surface area contributed by atoms with E-state index in [9.17, 15) is 4.79 Å². The van der Waals surface area contributed by atoms with Crippen molar-refractivity contribution >= 4 is 28.9 Å². The van der Waals surface area contributed by atoms with Crippen LogP contribution in [0.5, 0.6) is 0 Å². The normalized spacial score (nSPS) is 12.1. The van der Waals surface area contributed by atoms with E-state index >= 15 is 0 Å². The van der Waals surface area contributed by atoms with E-state index in [4.69, 9.17) is 17.3 Å². The van der Waals surface area contributed by atoms with Crippen LogP contribution in [0.4, 0.5) is 11.4 Å². The maximum atomic E-state index is 12.0. The average Bonchev–Trinajstić information content (AvgIpc) is 2.30. The molecule has 100 valence electrons. The lowest BCUT2D eigenvalue weighted by Gasteiger charge is -2.21. The molecule has 0 aliphatic rings. The SMILES string of the molecule is CCC(CN)C(=O)Nc1cccc(Cl)c1N(C)C. The maximum Gasteiger partial charge on any atom is 0.228 e. The van der Waals surface area contributed by atoms with E-state index in [0.717, 1.165) is 12.1 Å². The molecule has 18 heavy (non-hydrogen) atoms. The standard InChI is InChI=1S/C13H20ClN3O/c1-4-9(8-15)13(18)16-11-7-5-6-10(14)12(11)17(2)3/h5-7,9H,4,8,15H2,1-3H3,(H,16,18). The van der Waals surface area contributed by atoms with Gasteiger partial charge in [0.05, 0.1) is 22.3 Å². The van der Waals surface area contributed by atoms with Gasteiger partial charge < -0.3 is 16.0 Å². The number of carbonyl (C=O) groups is 1. The zero-order chi connectivity index (χ0) is 13.7. The van der Waals surface area contributed by atoms with E-state index in [0.29, 0.717) is 17.3 Å². The van der Waals surface area contributed by atoms with Gasteiger partial charge in [-0.3, -0.25) is 4.79 Å². The van der Waals surface area contributed by atoms with Crippen molar-refractivity contribution in [3.8, 4) is 0 Å². The molecule has 0 radical (unpaired) electrons. The minimum absolute atomic E-state index is 0.0645. The smallest absolute Gasteiger partial charge is 0.228 e. The molecule has 1 rings (SSSR count). The Morgan fingerprint density at radius 2 is 2.17 bits per heavy atom. The molecule has 0 saturated heterocycles. The monoisotopic (exact) mass is 269 g/mol. The van der Waals surface area contributed by atoms with Crippen LogP contribution in [0.1, 0.15) is 13.3 Å². The molecule has 0 fully saturated rings. The Morgan fingerprint density at radius 1 is 1.50 bits per heavy atom. The number of nitrogens with two attached hydrogens (primary N) is 1. The second-order valence-corrected chi connectivity index (χ2v) is 4.77. The van der Waals surface area contributed by atoms with Gasteiger partial charge in [-0.1, -0.05) is 24.6 Å². The lowest BCUT2D eigenvalue weighted by molar-refractivity contribution is -0.119. The molecule has 1 aromatic rings. The van der Waals surface area contributed by atoms with E-state index in [1.807, 2.05) is 38.1 Å². The van der Waals surface area contributed by atoms with Gasteiger partial charge in [-0.25, -0.2) is 0 Å². The lowest BCUT2D eigenvalue weighted by atomic mass is 10.1. The first kappa shape index (κ1) is 14.8. The van der Waals surface area contributed by atoms with Gasteiger partial charge >= 0.3 is 0 Å². The van der Waals surface area contributed by atoms with Gasteiger partial charge in [0.1, 0.15) is 0 Å². The number of halogens is 1. The van der Waals surface area contributed by atoms with E-state index < -0.39 is 0 Å². The average molecular weight is 270 g/mol. The van der Waals surface area contributed by atoms with E-state index in [1.165, 1.54) is 0 Å². The maximum absolute atomic E-state index is 12.0. The zero-order valence-electron chi connectivity index (χ0n) is 11.0. The molecular formula is C13H20ClN3O. The Bertz CT molecular complexity index is 417. The molecular weight excluding hydrogens is 250 g/mol. The molecule has 1 amide bonds. The molecule has 5 heteroatoms. The first-order valence-electron chi connectivity index (χ1n) is 5.98. The van der Waals surface area contributed by atoms with Crippen LogP contribution in [0.25, 0.3) is 0 Å².